The summed E-state index contributed by atoms with van der Waals surface area (Å²) in [6.45, 7) is -2.20. The molecule has 0 saturated heterocycles. The van der Waals surface area contributed by atoms with Gasteiger partial charge in [-0.05, 0) is 42.5 Å². The van der Waals surface area contributed by atoms with Crippen LogP contribution in [0.3, 0.4) is 0 Å². The second-order valence-corrected chi connectivity index (χ2v) is 6.90. The molecule has 31 heavy (non-hydrogen) atoms. The van der Waals surface area contributed by atoms with E-state index in [1.54, 1.807) is 0 Å². The number of carbonyl (C=O) groups excluding carboxylic acids is 3. The van der Waals surface area contributed by atoms with Crippen LogP contribution in [0.4, 0.5) is 18.9 Å². The third-order valence-corrected chi connectivity index (χ3v) is 4.12. The van der Waals surface area contributed by atoms with Crippen molar-refractivity contribution in [2.24, 2.45) is 0 Å². The zero-order valence-corrected chi connectivity index (χ0v) is 17.2. The Morgan fingerprint density at radius 2 is 1.55 bits per heavy atom. The van der Waals surface area contributed by atoms with E-state index in [1.165, 1.54) is 42.5 Å². The first kappa shape index (κ1) is 24.3. The van der Waals surface area contributed by atoms with Gasteiger partial charge in [-0.1, -0.05) is 23.2 Å². The Hall–Kier alpha value is -2.98. The molecule has 0 spiro atoms. The summed E-state index contributed by atoms with van der Waals surface area (Å²) in [6.07, 6.45) is -4.45. The van der Waals surface area contributed by atoms with Gasteiger partial charge in [0.25, 0.3) is 5.91 Å². The van der Waals surface area contributed by atoms with E-state index in [9.17, 15) is 27.6 Å². The van der Waals surface area contributed by atoms with Crippen molar-refractivity contribution in [2.45, 2.75) is 6.18 Å². The number of rotatable bonds is 8. The zero-order valence-electron chi connectivity index (χ0n) is 15.7. The molecule has 0 aliphatic rings. The molecule has 0 fully saturated rings. The molecule has 0 aliphatic carbocycles. The second kappa shape index (κ2) is 10.9. The average molecular weight is 478 g/mol. The minimum absolute atomic E-state index is 0.0137. The standard InChI is InChI=1S/C19H16Cl2F3N3O4/c20-11-1-6-14(15(21)7-11)18(30)26-8-16(28)25-9-17(29)27-12-2-4-13(5-3-12)31-10-19(22,23)24/h1-7H,8-10H2,(H,25,28)(H,26,30)(H,27,29). The minimum atomic E-state index is -4.45. The Labute approximate surface area is 184 Å². The highest BCUT2D eigenvalue weighted by molar-refractivity contribution is 6.36. The summed E-state index contributed by atoms with van der Waals surface area (Å²) < 4.78 is 40.9. The first-order valence-electron chi connectivity index (χ1n) is 8.63. The topological polar surface area (TPSA) is 96.5 Å². The summed E-state index contributed by atoms with van der Waals surface area (Å²) in [5.41, 5.74) is 0.434. The molecule has 0 bridgehead atoms. The SMILES string of the molecule is O=C(CNC(=O)c1ccc(Cl)cc1Cl)NCC(=O)Nc1ccc(OCC(F)(F)F)cc1. The summed E-state index contributed by atoms with van der Waals surface area (Å²) in [4.78, 5) is 35.7. The quantitative estimate of drug-likeness (QED) is 0.542. The van der Waals surface area contributed by atoms with Gasteiger partial charge in [-0.3, -0.25) is 14.4 Å². The molecule has 12 heteroatoms. The normalized spacial score (nSPS) is 10.9. The van der Waals surface area contributed by atoms with Crippen molar-refractivity contribution in [3.8, 4) is 5.75 Å². The third kappa shape index (κ3) is 8.73. The van der Waals surface area contributed by atoms with Crippen LogP contribution in [-0.2, 0) is 9.59 Å². The molecule has 3 N–H and O–H groups in total. The molecule has 3 amide bonds. The number of alkyl halides is 3. The maximum atomic E-state index is 12.1. The van der Waals surface area contributed by atoms with Gasteiger partial charge in [-0.25, -0.2) is 0 Å². The van der Waals surface area contributed by atoms with Crippen molar-refractivity contribution in [2.75, 3.05) is 25.0 Å². The number of amides is 3. The summed E-state index contributed by atoms with van der Waals surface area (Å²) in [5, 5.41) is 7.60. The number of ether oxygens (including phenoxy) is 1. The first-order chi connectivity index (χ1) is 14.5. The van der Waals surface area contributed by atoms with Gasteiger partial charge in [0.1, 0.15) is 5.75 Å². The molecule has 0 heterocycles. The third-order valence-electron chi connectivity index (χ3n) is 3.57. The van der Waals surface area contributed by atoms with E-state index in [0.717, 1.165) is 0 Å². The molecule has 166 valence electrons. The number of nitrogens with one attached hydrogen (secondary N) is 3. The van der Waals surface area contributed by atoms with Crippen LogP contribution >= 0.6 is 23.2 Å². The highest BCUT2D eigenvalue weighted by Gasteiger charge is 2.28. The lowest BCUT2D eigenvalue weighted by atomic mass is 10.2. The first-order valence-corrected chi connectivity index (χ1v) is 9.38. The zero-order chi connectivity index (χ0) is 23.0. The molecule has 0 aliphatic heterocycles. The van der Waals surface area contributed by atoms with Crippen molar-refractivity contribution in [3.05, 3.63) is 58.1 Å². The Morgan fingerprint density at radius 3 is 2.16 bits per heavy atom. The van der Waals surface area contributed by atoms with Crippen molar-refractivity contribution in [1.82, 2.24) is 10.6 Å². The molecular formula is C19H16Cl2F3N3O4. The summed E-state index contributed by atoms with van der Waals surface area (Å²) in [6, 6.07) is 9.49. The van der Waals surface area contributed by atoms with E-state index >= 15 is 0 Å². The summed E-state index contributed by atoms with van der Waals surface area (Å²) in [7, 11) is 0. The van der Waals surface area contributed by atoms with Gasteiger partial charge in [0.15, 0.2) is 6.61 Å². The van der Waals surface area contributed by atoms with Crippen LogP contribution in [0.5, 0.6) is 5.75 Å². The van der Waals surface area contributed by atoms with Gasteiger partial charge >= 0.3 is 6.18 Å². The molecule has 0 unspecified atom stereocenters. The Bertz CT molecular complexity index is 953. The largest absolute Gasteiger partial charge is 0.484 e. The molecule has 7 nitrogen and oxygen atoms in total. The summed E-state index contributed by atoms with van der Waals surface area (Å²) >= 11 is 11.7. The monoisotopic (exact) mass is 477 g/mol. The molecule has 0 atom stereocenters. The summed E-state index contributed by atoms with van der Waals surface area (Å²) in [5.74, 6) is -1.80. The molecule has 2 aromatic rings. The van der Waals surface area contributed by atoms with Gasteiger partial charge < -0.3 is 20.7 Å². The molecule has 0 aromatic heterocycles. The number of benzene rings is 2. The van der Waals surface area contributed by atoms with Crippen LogP contribution in [0.2, 0.25) is 10.0 Å². The van der Waals surface area contributed by atoms with Crippen LogP contribution in [0.25, 0.3) is 0 Å². The van der Waals surface area contributed by atoms with Crippen molar-refractivity contribution >= 4 is 46.6 Å². The smallest absolute Gasteiger partial charge is 0.422 e. The van der Waals surface area contributed by atoms with E-state index in [0.29, 0.717) is 10.7 Å². The lowest BCUT2D eigenvalue weighted by Crippen LogP contribution is -2.40. The lowest BCUT2D eigenvalue weighted by Gasteiger charge is -2.11. The molecule has 0 saturated carbocycles. The van der Waals surface area contributed by atoms with Gasteiger partial charge in [-0.2, -0.15) is 13.2 Å². The Balaban J connectivity index is 1.73. The van der Waals surface area contributed by atoms with E-state index in [4.69, 9.17) is 23.2 Å². The van der Waals surface area contributed by atoms with Gasteiger partial charge in [0.05, 0.1) is 23.7 Å². The van der Waals surface area contributed by atoms with Gasteiger partial charge in [0, 0.05) is 10.7 Å². The molecule has 0 radical (unpaired) electrons. The predicted octanol–water partition coefficient (Wildman–Crippen LogP) is 3.42. The fraction of sp³-hybridized carbons (Fsp3) is 0.211. The maximum Gasteiger partial charge on any atom is 0.422 e. The van der Waals surface area contributed by atoms with E-state index in [1.807, 2.05) is 0 Å². The van der Waals surface area contributed by atoms with E-state index in [2.05, 4.69) is 20.7 Å². The van der Waals surface area contributed by atoms with Crippen LogP contribution in [-0.4, -0.2) is 43.6 Å². The number of hydrogen-bond donors (Lipinski definition) is 3. The van der Waals surface area contributed by atoms with Gasteiger partial charge in [0.2, 0.25) is 11.8 Å². The molecular weight excluding hydrogens is 462 g/mol. The van der Waals surface area contributed by atoms with Crippen molar-refractivity contribution in [3.63, 3.8) is 0 Å². The maximum absolute atomic E-state index is 12.1. The Kier molecular flexibility index (Phi) is 8.52. The average Bonchev–Trinajstić information content (AvgIpc) is 2.69. The minimum Gasteiger partial charge on any atom is -0.484 e. The van der Waals surface area contributed by atoms with Gasteiger partial charge in [-0.15, -0.1) is 0 Å². The number of carbonyl (C=O) groups is 3. The lowest BCUT2D eigenvalue weighted by molar-refractivity contribution is -0.153. The fourth-order valence-corrected chi connectivity index (χ4v) is 2.67. The number of anilines is 1. The second-order valence-electron chi connectivity index (χ2n) is 6.06. The number of halogens is 5. The molecule has 2 aromatic carbocycles. The van der Waals surface area contributed by atoms with Crippen LogP contribution in [0.1, 0.15) is 10.4 Å². The number of hydrogen-bond acceptors (Lipinski definition) is 4. The highest BCUT2D eigenvalue weighted by Crippen LogP contribution is 2.21. The van der Waals surface area contributed by atoms with E-state index in [-0.39, 0.29) is 22.9 Å². The fourth-order valence-electron chi connectivity index (χ4n) is 2.18. The van der Waals surface area contributed by atoms with Crippen LogP contribution in [0, 0.1) is 0 Å². The molecule has 2 rings (SSSR count). The van der Waals surface area contributed by atoms with Crippen molar-refractivity contribution < 1.29 is 32.3 Å². The van der Waals surface area contributed by atoms with Crippen LogP contribution < -0.4 is 20.7 Å². The van der Waals surface area contributed by atoms with E-state index < -0.39 is 37.0 Å². The highest BCUT2D eigenvalue weighted by atomic mass is 35.5. The van der Waals surface area contributed by atoms with Crippen LogP contribution in [0.15, 0.2) is 42.5 Å². The Morgan fingerprint density at radius 1 is 0.903 bits per heavy atom. The van der Waals surface area contributed by atoms with Crippen molar-refractivity contribution in [1.29, 1.82) is 0 Å². The predicted molar refractivity (Wildman–Crippen MR) is 108 cm³/mol.